The predicted molar refractivity (Wildman–Crippen MR) is 481 cm³/mol. The molecule has 0 saturated carbocycles. The minimum atomic E-state index is -2.19. The lowest BCUT2D eigenvalue weighted by Crippen LogP contribution is -2.59. The van der Waals surface area contributed by atoms with E-state index in [0.29, 0.717) is 38.0 Å². The van der Waals surface area contributed by atoms with Crippen molar-refractivity contribution in [3.05, 3.63) is 35.9 Å². The van der Waals surface area contributed by atoms with Crippen molar-refractivity contribution < 1.29 is 157 Å². The van der Waals surface area contributed by atoms with E-state index in [9.17, 15) is 128 Å². The number of hydrogen-bond acceptors (Lipinski definition) is 32. The Labute approximate surface area is 782 Å². The number of amides is 12. The van der Waals surface area contributed by atoms with Crippen molar-refractivity contribution in [2.45, 2.75) is 282 Å². The number of benzene rings is 1. The number of Topliss-reactive ketones (excluding diaryl/α,β-unsaturated/α-hetero) is 2. The van der Waals surface area contributed by atoms with E-state index in [2.05, 4.69) is 53.2 Å². The summed E-state index contributed by atoms with van der Waals surface area (Å²) in [6, 6.07) is -0.00724. The van der Waals surface area contributed by atoms with Crippen molar-refractivity contribution in [1.29, 1.82) is 0 Å². The Morgan fingerprint density at radius 1 is 0.552 bits per heavy atom. The molecule has 45 heteroatoms. The molecule has 1 aromatic rings. The van der Waals surface area contributed by atoms with Crippen LogP contribution in [0.25, 0.3) is 0 Å². The number of hydrogen-bond donors (Lipinski definition) is 21. The van der Waals surface area contributed by atoms with Crippen LogP contribution in [0.2, 0.25) is 0 Å². The summed E-state index contributed by atoms with van der Waals surface area (Å²) in [7, 11) is 8.18. The second kappa shape index (κ2) is 62.2. The van der Waals surface area contributed by atoms with Crippen LogP contribution < -0.4 is 53.2 Å². The molecule has 0 spiro atoms. The Kier molecular flexibility index (Phi) is 55.9. The molecule has 134 heavy (non-hydrogen) atoms. The molecule has 0 bridgehead atoms. The summed E-state index contributed by atoms with van der Waals surface area (Å²) in [6.07, 6.45) is -22.7. The van der Waals surface area contributed by atoms with Crippen molar-refractivity contribution in [3.8, 4) is 0 Å². The molecule has 21 atom stereocenters. The molecule has 12 amide bonds. The van der Waals surface area contributed by atoms with Crippen LogP contribution in [0.15, 0.2) is 30.3 Å². The molecule has 0 aliphatic carbocycles. The number of methoxy groups -OCH3 is 2. The van der Waals surface area contributed by atoms with E-state index in [1.165, 1.54) is 21.1 Å². The number of carbonyl (C=O) groups is 16. The zero-order valence-electron chi connectivity index (χ0n) is 80.1. The van der Waals surface area contributed by atoms with E-state index in [0.717, 1.165) is 0 Å². The zero-order valence-corrected chi connectivity index (χ0v) is 80.1. The van der Waals surface area contributed by atoms with Crippen LogP contribution in [0.1, 0.15) is 172 Å². The predicted octanol–water partition coefficient (Wildman–Crippen LogP) is -4.76. The number of alkyl carbamates (subject to hydrolysis) is 1. The Bertz CT molecular complexity index is 3860. The second-order valence-electron chi connectivity index (χ2n) is 36.0. The number of carboxylic acid groups (broad SMARTS) is 1. The van der Waals surface area contributed by atoms with Crippen LogP contribution in [-0.4, -0.2) is 389 Å². The fourth-order valence-electron chi connectivity index (χ4n) is 14.8. The van der Waals surface area contributed by atoms with Gasteiger partial charge >= 0.3 is 18.0 Å². The Morgan fingerprint density at radius 2 is 1.13 bits per heavy atom. The number of ether oxygens (including phenoxy) is 5. The number of aliphatic hydroxyl groups is 10. The van der Waals surface area contributed by atoms with Crippen LogP contribution in [0.5, 0.6) is 0 Å². The molecule has 21 N–H and O–H groups in total. The van der Waals surface area contributed by atoms with Gasteiger partial charge in [0, 0.05) is 98.9 Å². The summed E-state index contributed by atoms with van der Waals surface area (Å²) in [5, 5.41) is 134. The highest BCUT2D eigenvalue weighted by atomic mass is 16.6. The number of nitrogens with zero attached hydrogens (tertiary/aromatic N) is 3. The third-order valence-corrected chi connectivity index (χ3v) is 22.7. The van der Waals surface area contributed by atoms with Gasteiger partial charge in [-0.2, -0.15) is 0 Å². The summed E-state index contributed by atoms with van der Waals surface area (Å²) in [4.78, 5) is 221. The highest BCUT2D eigenvalue weighted by molar-refractivity contribution is 5.95. The lowest BCUT2D eigenvalue weighted by molar-refractivity contribution is -0.148. The number of aliphatic hydroxyl groups excluding tert-OH is 10. The molecule has 1 saturated heterocycles. The number of carbonyl (C=O) groups excluding carboxylic acids is 15. The minimum Gasteiger partial charge on any atom is -0.480 e. The topological polar surface area (TPSA) is 672 Å². The van der Waals surface area contributed by atoms with Crippen molar-refractivity contribution in [1.82, 2.24) is 67.9 Å². The fraction of sp³-hybridized carbons (Fsp3) is 0.753. The molecule has 764 valence electrons. The minimum absolute atomic E-state index is 0.0188. The van der Waals surface area contributed by atoms with E-state index < -0.39 is 282 Å². The van der Waals surface area contributed by atoms with Crippen molar-refractivity contribution >= 4 is 94.6 Å². The monoisotopic (exact) mass is 1910 g/mol. The standard InChI is InChI=1S/C89H151N13O32/c1-17-51(6)74(101(14)85(125)72(49(2)3)99-84(124)73(50(4)5)100(12)13)66(130-15)42-71(115)102-36-21-25-61(102)79(131-16)52(7)80(120)98-59(39-54-23-19-18-20-24-54)83(123)91-33-22-37-133-87(128)53(8)95-70(114)41-60(86(126)127)96-69(113)31-35-92-88(129)134-47-55(40-57(106)43-93-67(111)30-34-90-68(112)32-38-132-48-89(9,10)11)81(121)97-58(82(122)94-44-63(108)76(117)78(119)65(110)46-104)28-26-56(105)27-29-62(107)75(116)77(118)64(109)45-103/h18-20,23-24,49-53,55,58-66,72-79,103-104,107-110,116-119H,17,21-22,25-48H2,1-16H3,(H,90,112)(H,91,123)(H,92,129)(H,93,111)(H,94,122)(H,95,114)(H,96,113)(H,97,121)(H,98,120)(H,99,124)(H,126,127)/t51-,52+,53-,55-,58-,59-,60-,61-,62-,63-,64+,65+,66+,72-,73-,74-,75+,76+,77+,78+,79+/m0/s1. The molecule has 2 rings (SSSR count). The molecular formula is C89H151N13O32. The summed E-state index contributed by atoms with van der Waals surface area (Å²) in [6.45, 7) is 15.1. The van der Waals surface area contributed by atoms with Gasteiger partial charge in [-0.15, -0.1) is 0 Å². The van der Waals surface area contributed by atoms with Crippen LogP contribution >= 0.6 is 0 Å². The maximum Gasteiger partial charge on any atom is 0.407 e. The van der Waals surface area contributed by atoms with Gasteiger partial charge in [0.05, 0.1) is 107 Å². The zero-order chi connectivity index (χ0) is 102. The first kappa shape index (κ1) is 120. The van der Waals surface area contributed by atoms with Gasteiger partial charge < -0.3 is 143 Å². The lowest BCUT2D eigenvalue weighted by atomic mass is 9.89. The smallest absolute Gasteiger partial charge is 0.407 e. The number of rotatable bonds is 66. The highest BCUT2D eigenvalue weighted by Crippen LogP contribution is 2.31. The molecule has 1 aromatic carbocycles. The maximum atomic E-state index is 14.6. The van der Waals surface area contributed by atoms with Gasteiger partial charge in [0.25, 0.3) is 0 Å². The van der Waals surface area contributed by atoms with E-state index in [1.807, 2.05) is 67.2 Å². The number of aliphatic carboxylic acids is 1. The first-order valence-corrected chi connectivity index (χ1v) is 45.4. The second-order valence-corrected chi connectivity index (χ2v) is 36.0. The number of carboxylic acids is 1. The largest absolute Gasteiger partial charge is 0.480 e. The average Bonchev–Trinajstić information content (AvgIpc) is 1.46. The van der Waals surface area contributed by atoms with Gasteiger partial charge in [0.2, 0.25) is 65.0 Å². The highest BCUT2D eigenvalue weighted by Gasteiger charge is 2.45. The van der Waals surface area contributed by atoms with Crippen LogP contribution in [0.4, 0.5) is 4.79 Å². The van der Waals surface area contributed by atoms with Gasteiger partial charge in [-0.3, -0.25) is 67.2 Å². The van der Waals surface area contributed by atoms with E-state index in [4.69, 9.17) is 28.8 Å². The van der Waals surface area contributed by atoms with Gasteiger partial charge in [-0.05, 0) is 81.9 Å². The summed E-state index contributed by atoms with van der Waals surface area (Å²) in [5.41, 5.74) is 0.541. The average molecular weight is 1920 g/mol. The molecule has 1 fully saturated rings. The third-order valence-electron chi connectivity index (χ3n) is 22.7. The quantitative estimate of drug-likeness (QED) is 0.0215. The summed E-state index contributed by atoms with van der Waals surface area (Å²) >= 11 is 0. The number of likely N-dealkylation sites (N-methyl/N-ethyl adjacent to an activating group) is 2. The SMILES string of the molecule is CC[C@H](C)[C@@H]([C@@H](CC(=O)N1CCC[C@H]1[C@H](OC)[C@@H](C)C(=O)N[C@@H](Cc1ccccc1)C(=O)NCCCOC(=O)[C@H](C)NC(=O)C[C@H](NC(=O)CCNC(=O)OC[C@H](CC(=O)CNC(=O)CCNC(=O)CCOCC(C)(C)C)C(=O)N[C@@H](CCC(=O)CC[C@H](O)[C@@H](O)[C@H](O)[C@H](O)CO)C(=O)NC[C@H](O)[C@@H](O)[C@H](O)[C@H](O)CO)C(=O)O)OC)N(C)C(=O)[C@@H](NC(=O)[C@H](C(C)C)N(C)C)C(C)C. The lowest BCUT2D eigenvalue weighted by Gasteiger charge is -2.41. The van der Waals surface area contributed by atoms with E-state index >= 15 is 0 Å². The first-order valence-electron chi connectivity index (χ1n) is 45.4. The number of esters is 1. The number of ketones is 2. The van der Waals surface area contributed by atoms with Gasteiger partial charge in [0.15, 0.2) is 5.78 Å². The van der Waals surface area contributed by atoms with E-state index in [-0.39, 0.29) is 99.3 Å². The maximum absolute atomic E-state index is 14.6. The molecule has 0 unspecified atom stereocenters. The molecule has 1 aliphatic rings. The van der Waals surface area contributed by atoms with Crippen LogP contribution in [0, 0.1) is 35.0 Å². The number of likely N-dealkylation sites (tertiary alicyclic amines) is 1. The summed E-state index contributed by atoms with van der Waals surface area (Å²) in [5.74, 6) is -15.3. The molecule has 1 aliphatic heterocycles. The van der Waals surface area contributed by atoms with Crippen molar-refractivity contribution in [2.75, 3.05) is 114 Å². The van der Waals surface area contributed by atoms with Gasteiger partial charge in [0.1, 0.15) is 79.2 Å². The Balaban J connectivity index is 2.20. The third kappa shape index (κ3) is 43.6. The van der Waals surface area contributed by atoms with Crippen molar-refractivity contribution in [2.24, 2.45) is 35.0 Å². The molecule has 45 nitrogen and oxygen atoms in total. The summed E-state index contributed by atoms with van der Waals surface area (Å²) < 4.78 is 28.2. The normalized spacial score (nSPS) is 17.3. The molecular weight excluding hydrogens is 1760 g/mol. The number of nitrogens with one attached hydrogen (secondary N) is 10. The van der Waals surface area contributed by atoms with Crippen LogP contribution in [0.3, 0.4) is 0 Å². The fourth-order valence-corrected chi connectivity index (χ4v) is 14.8. The van der Waals surface area contributed by atoms with E-state index in [1.54, 1.807) is 68.2 Å². The van der Waals surface area contributed by atoms with Gasteiger partial charge in [-0.25, -0.2) is 14.4 Å². The van der Waals surface area contributed by atoms with Crippen LogP contribution in [-0.2, 0) is 102 Å². The molecule has 0 radical (unpaired) electrons. The first-order chi connectivity index (χ1) is 62.9. The Morgan fingerprint density at radius 3 is 1.71 bits per heavy atom. The molecule has 0 aromatic heterocycles. The molecule has 1 heterocycles. The Hall–Kier alpha value is -9.62. The van der Waals surface area contributed by atoms with Gasteiger partial charge in [-0.1, -0.05) is 106 Å². The van der Waals surface area contributed by atoms with Crippen molar-refractivity contribution in [3.63, 3.8) is 0 Å².